The highest BCUT2D eigenvalue weighted by Gasteiger charge is 2.05. The Balaban J connectivity index is 0. The van der Waals surface area contributed by atoms with E-state index in [0.29, 0.717) is 0 Å². The van der Waals surface area contributed by atoms with Crippen molar-refractivity contribution >= 4 is 16.8 Å². The van der Waals surface area contributed by atoms with Gasteiger partial charge in [0, 0.05) is 6.92 Å². The van der Waals surface area contributed by atoms with Crippen molar-refractivity contribution in [2.75, 3.05) is 0 Å². The minimum atomic E-state index is -0.361. The van der Waals surface area contributed by atoms with Gasteiger partial charge in [0.05, 0.1) is 0 Å². The Hall–Kier alpha value is -0.0400. The number of halogens is 1. The highest BCUT2D eigenvalue weighted by molar-refractivity contribution is 6.62. The molecule has 1 aliphatic rings. The fourth-order valence-electron chi connectivity index (χ4n) is 1.31. The molecule has 2 heteroatoms. The van der Waals surface area contributed by atoms with Crippen molar-refractivity contribution in [3.05, 3.63) is 0 Å². The molecule has 80 valence electrons. The van der Waals surface area contributed by atoms with Crippen molar-refractivity contribution in [2.45, 2.75) is 59.8 Å². The summed E-state index contributed by atoms with van der Waals surface area (Å²) in [6.07, 6.45) is 7.44. The van der Waals surface area contributed by atoms with Crippen LogP contribution in [0.15, 0.2) is 0 Å². The standard InChI is InChI=1S/C7H14.C2H3ClO.C2H6/c1-7-5-3-2-4-6-7;1-2(3)4;1-2/h7H,2-6H2,1H3;1H3;1-2H3. The van der Waals surface area contributed by atoms with Crippen molar-refractivity contribution in [1.82, 2.24) is 0 Å². The van der Waals surface area contributed by atoms with Crippen LogP contribution >= 0.6 is 11.6 Å². The number of hydrogen-bond donors (Lipinski definition) is 0. The van der Waals surface area contributed by atoms with Crippen LogP contribution in [-0.2, 0) is 4.79 Å². The second-order valence-corrected chi connectivity index (χ2v) is 3.75. The lowest BCUT2D eigenvalue weighted by Crippen LogP contribution is -1.99. The Labute approximate surface area is 87.9 Å². The molecule has 0 bridgehead atoms. The van der Waals surface area contributed by atoms with Gasteiger partial charge in [-0.25, -0.2) is 0 Å². The minimum Gasteiger partial charge on any atom is -0.282 e. The molecule has 1 fully saturated rings. The van der Waals surface area contributed by atoms with Gasteiger partial charge in [-0.2, -0.15) is 0 Å². The largest absolute Gasteiger partial charge is 0.282 e. The van der Waals surface area contributed by atoms with Gasteiger partial charge in [-0.15, -0.1) is 0 Å². The molecular weight excluding hydrogens is 184 g/mol. The van der Waals surface area contributed by atoms with Gasteiger partial charge in [0.25, 0.3) is 0 Å². The lowest BCUT2D eigenvalue weighted by molar-refractivity contribution is -0.109. The molecule has 0 aromatic heterocycles. The third-order valence-electron chi connectivity index (χ3n) is 1.89. The van der Waals surface area contributed by atoms with Crippen molar-refractivity contribution in [3.63, 3.8) is 0 Å². The van der Waals surface area contributed by atoms with Crippen LogP contribution in [0.4, 0.5) is 0 Å². The maximum atomic E-state index is 9.21. The summed E-state index contributed by atoms with van der Waals surface area (Å²) in [6, 6.07) is 0. The maximum absolute atomic E-state index is 9.21. The molecule has 0 aromatic carbocycles. The van der Waals surface area contributed by atoms with Crippen LogP contribution in [0.5, 0.6) is 0 Å². The normalized spacial score (nSPS) is 16.1. The molecule has 0 aromatic rings. The van der Waals surface area contributed by atoms with Crippen molar-refractivity contribution in [1.29, 1.82) is 0 Å². The van der Waals surface area contributed by atoms with Gasteiger partial charge < -0.3 is 0 Å². The Morgan fingerprint density at radius 1 is 1.15 bits per heavy atom. The zero-order valence-corrected chi connectivity index (χ0v) is 10.2. The summed E-state index contributed by atoms with van der Waals surface area (Å²) in [4.78, 5) is 9.21. The molecule has 0 radical (unpaired) electrons. The molecule has 0 N–H and O–H groups in total. The summed E-state index contributed by atoms with van der Waals surface area (Å²) in [5.41, 5.74) is 0. The van der Waals surface area contributed by atoms with Crippen LogP contribution in [0.1, 0.15) is 59.8 Å². The van der Waals surface area contributed by atoms with Gasteiger partial charge in [0.2, 0.25) is 5.24 Å². The first-order valence-electron chi connectivity index (χ1n) is 5.29. The Morgan fingerprint density at radius 3 is 1.62 bits per heavy atom. The fraction of sp³-hybridized carbons (Fsp3) is 0.909. The zero-order valence-electron chi connectivity index (χ0n) is 9.40. The Morgan fingerprint density at radius 2 is 1.46 bits per heavy atom. The number of hydrogen-bond acceptors (Lipinski definition) is 1. The summed E-state index contributed by atoms with van der Waals surface area (Å²) in [6.45, 7) is 7.65. The molecule has 0 aliphatic heterocycles. The van der Waals surface area contributed by atoms with Crippen molar-refractivity contribution < 1.29 is 4.79 Å². The lowest BCUT2D eigenvalue weighted by atomic mass is 9.91. The predicted octanol–water partition coefficient (Wildman–Crippen LogP) is 4.38. The molecule has 0 saturated heterocycles. The van der Waals surface area contributed by atoms with Gasteiger partial charge in [0.15, 0.2) is 0 Å². The highest BCUT2D eigenvalue weighted by atomic mass is 35.5. The molecule has 0 amide bonds. The molecule has 13 heavy (non-hydrogen) atoms. The van der Waals surface area contributed by atoms with Gasteiger partial charge in [-0.1, -0.05) is 52.9 Å². The van der Waals surface area contributed by atoms with E-state index in [1.807, 2.05) is 13.8 Å². The molecule has 1 nitrogen and oxygen atoms in total. The molecular formula is C11H23ClO. The first-order valence-corrected chi connectivity index (χ1v) is 5.66. The van der Waals surface area contributed by atoms with E-state index in [1.165, 1.54) is 39.0 Å². The summed E-state index contributed by atoms with van der Waals surface area (Å²) in [5, 5.41) is -0.361. The van der Waals surface area contributed by atoms with E-state index in [-0.39, 0.29) is 5.24 Å². The summed E-state index contributed by atoms with van der Waals surface area (Å²) in [7, 11) is 0. The summed E-state index contributed by atoms with van der Waals surface area (Å²) in [5.74, 6) is 1.04. The second kappa shape index (κ2) is 12.0. The van der Waals surface area contributed by atoms with Crippen LogP contribution in [0.2, 0.25) is 0 Å². The van der Waals surface area contributed by atoms with Crippen LogP contribution in [0.3, 0.4) is 0 Å². The van der Waals surface area contributed by atoms with E-state index >= 15 is 0 Å². The average molecular weight is 207 g/mol. The van der Waals surface area contributed by atoms with E-state index in [2.05, 4.69) is 18.5 Å². The monoisotopic (exact) mass is 206 g/mol. The molecule has 0 spiro atoms. The van der Waals surface area contributed by atoms with Gasteiger partial charge >= 0.3 is 0 Å². The van der Waals surface area contributed by atoms with Crippen molar-refractivity contribution in [3.8, 4) is 0 Å². The molecule has 1 saturated carbocycles. The van der Waals surface area contributed by atoms with Crippen molar-refractivity contribution in [2.24, 2.45) is 5.92 Å². The fourth-order valence-corrected chi connectivity index (χ4v) is 1.31. The van der Waals surface area contributed by atoms with Crippen LogP contribution in [-0.4, -0.2) is 5.24 Å². The van der Waals surface area contributed by atoms with E-state index in [1.54, 1.807) is 0 Å². The number of rotatable bonds is 0. The first kappa shape index (κ1) is 15.4. The Bertz CT molecular complexity index is 103. The molecule has 1 aliphatic carbocycles. The lowest BCUT2D eigenvalue weighted by Gasteiger charge is -2.15. The van der Waals surface area contributed by atoms with E-state index in [0.717, 1.165) is 5.92 Å². The van der Waals surface area contributed by atoms with Crippen LogP contribution < -0.4 is 0 Å². The topological polar surface area (TPSA) is 17.1 Å². The summed E-state index contributed by atoms with van der Waals surface area (Å²) >= 11 is 4.64. The maximum Gasteiger partial charge on any atom is 0.218 e. The van der Waals surface area contributed by atoms with Crippen LogP contribution in [0, 0.1) is 5.92 Å². The van der Waals surface area contributed by atoms with Gasteiger partial charge in [-0.3, -0.25) is 4.79 Å². The van der Waals surface area contributed by atoms with E-state index in [9.17, 15) is 4.79 Å². The molecule has 0 atom stereocenters. The van der Waals surface area contributed by atoms with E-state index < -0.39 is 0 Å². The van der Waals surface area contributed by atoms with E-state index in [4.69, 9.17) is 0 Å². The quantitative estimate of drug-likeness (QED) is 0.538. The summed E-state index contributed by atoms with van der Waals surface area (Å²) < 4.78 is 0. The molecule has 0 heterocycles. The third kappa shape index (κ3) is 18.7. The number of carbonyl (C=O) groups excluding carboxylic acids is 1. The van der Waals surface area contributed by atoms with Crippen LogP contribution in [0.25, 0.3) is 0 Å². The zero-order chi connectivity index (χ0) is 10.7. The van der Waals surface area contributed by atoms with Gasteiger partial charge in [0.1, 0.15) is 0 Å². The Kier molecular flexibility index (Phi) is 14.2. The molecule has 1 rings (SSSR count). The smallest absolute Gasteiger partial charge is 0.218 e. The second-order valence-electron chi connectivity index (χ2n) is 3.21. The number of carbonyl (C=O) groups is 1. The third-order valence-corrected chi connectivity index (χ3v) is 1.89. The predicted molar refractivity (Wildman–Crippen MR) is 60.1 cm³/mol. The first-order chi connectivity index (χ1) is 6.13. The highest BCUT2D eigenvalue weighted by Crippen LogP contribution is 2.21. The SMILES string of the molecule is CC.CC(=O)Cl.CC1CCCCC1. The molecule has 0 unspecified atom stereocenters. The average Bonchev–Trinajstić information content (AvgIpc) is 2.08. The van der Waals surface area contributed by atoms with Gasteiger partial charge in [-0.05, 0) is 17.5 Å². The minimum absolute atomic E-state index is 0.361.